The van der Waals surface area contributed by atoms with E-state index >= 15 is 0 Å². The highest BCUT2D eigenvalue weighted by Gasteiger charge is 2.30. The van der Waals surface area contributed by atoms with Crippen LogP contribution in [0.3, 0.4) is 0 Å². The summed E-state index contributed by atoms with van der Waals surface area (Å²) in [6, 6.07) is 0. The first-order chi connectivity index (χ1) is 51.7. The normalized spacial score (nSPS) is 14.7. The van der Waals surface area contributed by atoms with Crippen LogP contribution >= 0.6 is 15.6 Å². The molecule has 602 valence electrons. The number of aliphatic hydroxyl groups is 1. The van der Waals surface area contributed by atoms with Crippen molar-refractivity contribution in [3.05, 3.63) is 170 Å². The standard InChI is InChI=1S/C87H142O17P2/c1-5-9-13-17-21-25-29-33-36-38-40-42-45-48-51-55-59-63-67-71-84(89)97-77-82(103-86(91)73-69-65-61-57-53-47-32-28-24-20-16-12-8-4)79-101-105(93,94)99-75-81(88)76-100-106(95,96)102-80-83(104-87(92)74-70-66-62-58-54-50-44-35-31-27-23-19-15-11-7-3)78-98-85(90)72-68-64-60-56-52-49-46-43-41-39-37-34-30-26-22-18-14-10-6-2/h9-10,13-14,21-22,25-28,31-34,36-37,40-43,48-49,51-52,59-60,63-64,81-83,88H,5-8,11-12,15-20,23-24,29-30,35,38-39,44-47,50,53-58,61-62,65-80H2,1-4H3,(H,93,94)(H,95,96)/b13-9-,14-10-,25-21-,26-22-,31-27-,32-28-,36-33-,37-34-,42-40-,43-41-,51-48-,52-49-,63-59-,64-60-/t81?,82-,83-/m1/s1. The lowest BCUT2D eigenvalue weighted by Gasteiger charge is -2.21. The molecule has 0 aliphatic rings. The number of allylic oxidation sites excluding steroid dienone is 28. The molecule has 0 aromatic heterocycles. The molecular weight excluding hydrogens is 1380 g/mol. The van der Waals surface area contributed by atoms with Crippen LogP contribution in [0.2, 0.25) is 0 Å². The molecular formula is C87H142O17P2. The Labute approximate surface area is 642 Å². The van der Waals surface area contributed by atoms with Crippen molar-refractivity contribution in [3.8, 4) is 0 Å². The van der Waals surface area contributed by atoms with E-state index in [-0.39, 0.29) is 25.7 Å². The van der Waals surface area contributed by atoms with Crippen molar-refractivity contribution in [2.45, 2.75) is 316 Å². The minimum atomic E-state index is -5.01. The molecule has 0 aromatic carbocycles. The van der Waals surface area contributed by atoms with E-state index in [9.17, 15) is 43.2 Å². The Bertz CT molecular complexity index is 2680. The number of esters is 4. The van der Waals surface area contributed by atoms with Crippen LogP contribution in [-0.2, 0) is 65.4 Å². The Morgan fingerprint density at radius 3 is 0.792 bits per heavy atom. The van der Waals surface area contributed by atoms with Crippen molar-refractivity contribution in [3.63, 3.8) is 0 Å². The number of carbonyl (C=O) groups is 4. The van der Waals surface area contributed by atoms with Crippen LogP contribution in [0, 0.1) is 0 Å². The first-order valence-electron chi connectivity index (χ1n) is 40.4. The van der Waals surface area contributed by atoms with Crippen molar-refractivity contribution in [2.24, 2.45) is 0 Å². The highest BCUT2D eigenvalue weighted by atomic mass is 31.2. The van der Waals surface area contributed by atoms with Crippen LogP contribution in [-0.4, -0.2) is 96.7 Å². The fourth-order valence-electron chi connectivity index (χ4n) is 10.1. The van der Waals surface area contributed by atoms with Crippen LogP contribution in [0.25, 0.3) is 0 Å². The highest BCUT2D eigenvalue weighted by Crippen LogP contribution is 2.45. The summed E-state index contributed by atoms with van der Waals surface area (Å²) in [7, 11) is -10.0. The molecule has 0 saturated heterocycles. The summed E-state index contributed by atoms with van der Waals surface area (Å²) in [6.07, 6.45) is 92.2. The van der Waals surface area contributed by atoms with Gasteiger partial charge in [-0.15, -0.1) is 0 Å². The smallest absolute Gasteiger partial charge is 0.462 e. The van der Waals surface area contributed by atoms with Crippen LogP contribution in [0.4, 0.5) is 0 Å². The maximum atomic E-state index is 13.1. The Morgan fingerprint density at radius 2 is 0.509 bits per heavy atom. The maximum absolute atomic E-state index is 13.1. The summed E-state index contributed by atoms with van der Waals surface area (Å²) < 4.78 is 68.4. The average Bonchev–Trinajstić information content (AvgIpc) is 0.901. The fourth-order valence-corrected chi connectivity index (χ4v) is 11.7. The van der Waals surface area contributed by atoms with Crippen LogP contribution in [0.1, 0.15) is 297 Å². The topological polar surface area (TPSA) is 237 Å². The third kappa shape index (κ3) is 76.6. The SMILES string of the molecule is CC/C=C\C/C=C\C/C=C\C/C=C\C/C=C\C/C=C\CCC(=O)OC[C@H](COP(=O)(O)OCC(O)COP(=O)(O)OC[C@@H](COC(=O)CC/C=C\C/C=C\C/C=C\C/C=C\C/C=C\C/C=C\CC)OC(=O)CCCCCCCCC/C=C\CCCCCC)OC(=O)CCCCCCC/C=C\CCCCCC. The monoisotopic (exact) mass is 1520 g/mol. The van der Waals surface area contributed by atoms with Gasteiger partial charge in [0.25, 0.3) is 0 Å². The van der Waals surface area contributed by atoms with Gasteiger partial charge < -0.3 is 33.8 Å². The van der Waals surface area contributed by atoms with Crippen LogP contribution < -0.4 is 0 Å². The zero-order chi connectivity index (χ0) is 77.4. The molecule has 0 heterocycles. The summed E-state index contributed by atoms with van der Waals surface area (Å²) in [5.74, 6) is -2.39. The maximum Gasteiger partial charge on any atom is 0.472 e. The summed E-state index contributed by atoms with van der Waals surface area (Å²) in [6.45, 7) is 4.43. The minimum Gasteiger partial charge on any atom is -0.462 e. The summed E-state index contributed by atoms with van der Waals surface area (Å²) >= 11 is 0. The second kappa shape index (κ2) is 77.6. The van der Waals surface area contributed by atoms with Gasteiger partial charge in [0, 0.05) is 25.7 Å². The van der Waals surface area contributed by atoms with Crippen LogP contribution in [0.15, 0.2) is 170 Å². The predicted octanol–water partition coefficient (Wildman–Crippen LogP) is 23.8. The van der Waals surface area contributed by atoms with Gasteiger partial charge in [-0.05, 0) is 154 Å². The number of rotatable bonds is 74. The molecule has 0 rings (SSSR count). The highest BCUT2D eigenvalue weighted by molar-refractivity contribution is 7.47. The molecule has 0 aliphatic heterocycles. The molecule has 0 aliphatic carbocycles. The molecule has 0 aromatic rings. The third-order valence-electron chi connectivity index (χ3n) is 16.2. The van der Waals surface area contributed by atoms with Gasteiger partial charge in [0.05, 0.1) is 26.4 Å². The molecule has 3 N–H and O–H groups in total. The predicted molar refractivity (Wildman–Crippen MR) is 436 cm³/mol. The van der Waals surface area contributed by atoms with Gasteiger partial charge in [0.2, 0.25) is 0 Å². The number of carbonyl (C=O) groups excluding carboxylic acids is 4. The summed E-state index contributed by atoms with van der Waals surface area (Å²) in [4.78, 5) is 73.0. The Kier molecular flexibility index (Phi) is 73.5. The number of hydrogen-bond acceptors (Lipinski definition) is 15. The van der Waals surface area contributed by atoms with Crippen molar-refractivity contribution in [2.75, 3.05) is 39.6 Å². The lowest BCUT2D eigenvalue weighted by atomic mass is 10.1. The molecule has 0 spiro atoms. The zero-order valence-electron chi connectivity index (χ0n) is 65.8. The van der Waals surface area contributed by atoms with Crippen LogP contribution in [0.5, 0.6) is 0 Å². The van der Waals surface area contributed by atoms with Crippen molar-refractivity contribution in [1.82, 2.24) is 0 Å². The molecule has 5 atom stereocenters. The molecule has 0 amide bonds. The van der Waals surface area contributed by atoms with E-state index in [0.29, 0.717) is 38.5 Å². The number of phosphoric acid groups is 2. The Morgan fingerprint density at radius 1 is 0.274 bits per heavy atom. The summed E-state index contributed by atoms with van der Waals surface area (Å²) in [5.41, 5.74) is 0. The van der Waals surface area contributed by atoms with Crippen molar-refractivity contribution in [1.29, 1.82) is 0 Å². The first kappa shape index (κ1) is 100. The number of unbranched alkanes of at least 4 members (excludes halogenated alkanes) is 20. The molecule has 3 unspecified atom stereocenters. The van der Waals surface area contributed by atoms with E-state index < -0.39 is 97.5 Å². The molecule has 19 heteroatoms. The fraction of sp³-hybridized carbons (Fsp3) is 0.632. The quantitative estimate of drug-likeness (QED) is 0.0169. The average molecular weight is 1520 g/mol. The molecule has 106 heavy (non-hydrogen) atoms. The van der Waals surface area contributed by atoms with Gasteiger partial charge in [-0.1, -0.05) is 288 Å². The van der Waals surface area contributed by atoms with E-state index in [1.54, 1.807) is 0 Å². The molecule has 0 fully saturated rings. The van der Waals surface area contributed by atoms with Gasteiger partial charge in [0.1, 0.15) is 19.3 Å². The number of phosphoric ester groups is 2. The van der Waals surface area contributed by atoms with Gasteiger partial charge in [-0.3, -0.25) is 37.3 Å². The van der Waals surface area contributed by atoms with Crippen molar-refractivity contribution < 1.29 is 80.2 Å². The van der Waals surface area contributed by atoms with Gasteiger partial charge in [0.15, 0.2) is 12.2 Å². The minimum absolute atomic E-state index is 0.0283. The third-order valence-corrected chi connectivity index (χ3v) is 18.1. The van der Waals surface area contributed by atoms with E-state index in [0.717, 1.165) is 154 Å². The first-order valence-corrected chi connectivity index (χ1v) is 43.4. The second-order valence-corrected chi connectivity index (χ2v) is 29.1. The second-order valence-electron chi connectivity index (χ2n) is 26.2. The molecule has 0 bridgehead atoms. The van der Waals surface area contributed by atoms with E-state index in [4.69, 9.17) is 37.0 Å². The largest absolute Gasteiger partial charge is 0.472 e. The number of ether oxygens (including phenoxy) is 4. The van der Waals surface area contributed by atoms with E-state index in [1.165, 1.54) is 51.4 Å². The van der Waals surface area contributed by atoms with E-state index in [2.05, 4.69) is 161 Å². The molecule has 0 radical (unpaired) electrons. The zero-order valence-corrected chi connectivity index (χ0v) is 67.6. The lowest BCUT2D eigenvalue weighted by molar-refractivity contribution is -0.161. The Balaban J connectivity index is 5.49. The molecule has 0 saturated carbocycles. The number of hydrogen-bond donors (Lipinski definition) is 3. The van der Waals surface area contributed by atoms with E-state index in [1.807, 2.05) is 36.5 Å². The summed E-state index contributed by atoms with van der Waals surface area (Å²) in [5, 5.41) is 10.6. The number of aliphatic hydroxyl groups excluding tert-OH is 1. The van der Waals surface area contributed by atoms with Gasteiger partial charge >= 0.3 is 39.5 Å². The van der Waals surface area contributed by atoms with Gasteiger partial charge in [-0.25, -0.2) is 9.13 Å². The Hall–Kier alpha value is -5.58. The lowest BCUT2D eigenvalue weighted by Crippen LogP contribution is -2.30. The van der Waals surface area contributed by atoms with Gasteiger partial charge in [-0.2, -0.15) is 0 Å². The molecule has 17 nitrogen and oxygen atoms in total. The van der Waals surface area contributed by atoms with Crippen molar-refractivity contribution >= 4 is 39.5 Å².